The van der Waals surface area contributed by atoms with E-state index in [1.807, 2.05) is 0 Å². The van der Waals surface area contributed by atoms with Gasteiger partial charge in [-0.15, -0.1) is 0 Å². The first-order valence-corrected chi connectivity index (χ1v) is 5.79. The third kappa shape index (κ3) is 2.48. The van der Waals surface area contributed by atoms with Crippen LogP contribution in [0.1, 0.15) is 44.9 Å². The Kier molecular flexibility index (Phi) is 3.08. The predicted molar refractivity (Wildman–Crippen MR) is 54.7 cm³/mol. The van der Waals surface area contributed by atoms with Crippen molar-refractivity contribution in [2.45, 2.75) is 44.9 Å². The van der Waals surface area contributed by atoms with Crippen molar-refractivity contribution >= 4 is 0 Å². The van der Waals surface area contributed by atoms with Crippen LogP contribution in [0.25, 0.3) is 0 Å². The van der Waals surface area contributed by atoms with Crippen molar-refractivity contribution in [3.8, 4) is 6.07 Å². The zero-order valence-corrected chi connectivity index (χ0v) is 8.80. The second-order valence-electron chi connectivity index (χ2n) is 5.00. The number of ether oxygens (including phenoxy) is 1. The molecule has 0 spiro atoms. The van der Waals surface area contributed by atoms with Crippen molar-refractivity contribution in [2.24, 2.45) is 11.3 Å². The van der Waals surface area contributed by atoms with Crippen LogP contribution in [0, 0.1) is 22.7 Å². The molecule has 0 amide bonds. The van der Waals surface area contributed by atoms with Crippen LogP contribution in [0.15, 0.2) is 0 Å². The van der Waals surface area contributed by atoms with E-state index in [4.69, 9.17) is 10.00 Å². The Bertz CT molecular complexity index is 221. The smallest absolute Gasteiger partial charge is 0.0628 e. The van der Waals surface area contributed by atoms with Crippen LogP contribution >= 0.6 is 0 Å². The van der Waals surface area contributed by atoms with Crippen molar-refractivity contribution < 1.29 is 4.74 Å². The molecule has 0 bridgehead atoms. The van der Waals surface area contributed by atoms with Gasteiger partial charge >= 0.3 is 0 Å². The van der Waals surface area contributed by atoms with Gasteiger partial charge in [0, 0.05) is 18.4 Å². The summed E-state index contributed by atoms with van der Waals surface area (Å²) in [7, 11) is 0. The fourth-order valence-corrected chi connectivity index (χ4v) is 2.34. The summed E-state index contributed by atoms with van der Waals surface area (Å²) >= 11 is 0. The molecular weight excluding hydrogens is 174 g/mol. The van der Waals surface area contributed by atoms with Crippen LogP contribution in [0.3, 0.4) is 0 Å². The van der Waals surface area contributed by atoms with E-state index in [2.05, 4.69) is 6.07 Å². The van der Waals surface area contributed by atoms with E-state index in [1.165, 1.54) is 38.5 Å². The van der Waals surface area contributed by atoms with E-state index in [9.17, 15) is 0 Å². The number of hydrogen-bond acceptors (Lipinski definition) is 2. The molecule has 0 aromatic rings. The number of hydrogen-bond donors (Lipinski definition) is 0. The normalized spacial score (nSPS) is 24.8. The van der Waals surface area contributed by atoms with Crippen LogP contribution in [0.4, 0.5) is 0 Å². The van der Waals surface area contributed by atoms with Crippen LogP contribution in [-0.2, 0) is 4.74 Å². The molecule has 2 heteroatoms. The molecule has 0 radical (unpaired) electrons. The van der Waals surface area contributed by atoms with Crippen molar-refractivity contribution in [2.75, 3.05) is 13.2 Å². The molecular formula is C12H19NO. The third-order valence-corrected chi connectivity index (χ3v) is 3.65. The zero-order valence-electron chi connectivity index (χ0n) is 8.80. The van der Waals surface area contributed by atoms with Gasteiger partial charge in [-0.25, -0.2) is 0 Å². The molecule has 78 valence electrons. The maximum Gasteiger partial charge on any atom is 0.0628 e. The van der Waals surface area contributed by atoms with Gasteiger partial charge in [-0.05, 0) is 31.6 Å². The van der Waals surface area contributed by atoms with Crippen molar-refractivity contribution in [3.05, 3.63) is 0 Å². The molecule has 0 aliphatic heterocycles. The molecule has 14 heavy (non-hydrogen) atoms. The predicted octanol–water partition coefficient (Wildman–Crippen LogP) is 2.89. The van der Waals surface area contributed by atoms with Gasteiger partial charge in [0.25, 0.3) is 0 Å². The Hall–Kier alpha value is -0.550. The highest BCUT2D eigenvalue weighted by atomic mass is 16.5. The summed E-state index contributed by atoms with van der Waals surface area (Å²) in [6.45, 7) is 1.77. The molecule has 0 aromatic heterocycles. The Balaban J connectivity index is 1.60. The first-order valence-electron chi connectivity index (χ1n) is 5.79. The van der Waals surface area contributed by atoms with E-state index in [0.29, 0.717) is 6.42 Å². The van der Waals surface area contributed by atoms with E-state index in [-0.39, 0.29) is 5.41 Å². The Morgan fingerprint density at radius 2 is 2.00 bits per heavy atom. The number of nitriles is 1. The number of rotatable bonds is 5. The van der Waals surface area contributed by atoms with E-state index in [1.54, 1.807) is 0 Å². The molecule has 2 aliphatic rings. The molecule has 2 saturated carbocycles. The minimum absolute atomic E-state index is 0.271. The standard InChI is InChI=1S/C12H19NO/c13-8-7-12(5-6-12)10-14-9-11-3-1-2-4-11/h11H,1-7,9-10H2. The fourth-order valence-electron chi connectivity index (χ4n) is 2.34. The molecule has 2 nitrogen and oxygen atoms in total. The summed E-state index contributed by atoms with van der Waals surface area (Å²) in [5.74, 6) is 0.813. The van der Waals surface area contributed by atoms with Gasteiger partial charge in [-0.1, -0.05) is 12.8 Å². The first kappa shape index (κ1) is 9.98. The monoisotopic (exact) mass is 193 g/mol. The van der Waals surface area contributed by atoms with Crippen LogP contribution in [-0.4, -0.2) is 13.2 Å². The molecule has 0 unspecified atom stereocenters. The summed E-state index contributed by atoms with van der Waals surface area (Å²) in [6, 6.07) is 2.27. The fraction of sp³-hybridized carbons (Fsp3) is 0.917. The van der Waals surface area contributed by atoms with Crippen molar-refractivity contribution in [3.63, 3.8) is 0 Å². The molecule has 2 fully saturated rings. The molecule has 2 aliphatic carbocycles. The van der Waals surface area contributed by atoms with Gasteiger partial charge in [0.15, 0.2) is 0 Å². The lowest BCUT2D eigenvalue weighted by atomic mass is 10.1. The quantitative estimate of drug-likeness (QED) is 0.672. The van der Waals surface area contributed by atoms with E-state index >= 15 is 0 Å². The van der Waals surface area contributed by atoms with Gasteiger partial charge in [0.2, 0.25) is 0 Å². The number of nitrogens with zero attached hydrogens (tertiary/aromatic N) is 1. The Morgan fingerprint density at radius 3 is 2.57 bits per heavy atom. The largest absolute Gasteiger partial charge is 0.381 e. The minimum Gasteiger partial charge on any atom is -0.381 e. The lowest BCUT2D eigenvalue weighted by Crippen LogP contribution is -2.14. The molecule has 0 heterocycles. The molecule has 0 aromatic carbocycles. The van der Waals surface area contributed by atoms with Crippen molar-refractivity contribution in [1.29, 1.82) is 5.26 Å². The summed E-state index contributed by atoms with van der Waals surface area (Å²) in [4.78, 5) is 0. The molecule has 0 N–H and O–H groups in total. The third-order valence-electron chi connectivity index (χ3n) is 3.65. The second-order valence-corrected chi connectivity index (χ2v) is 5.00. The Labute approximate surface area is 86.2 Å². The summed E-state index contributed by atoms with van der Waals surface area (Å²) in [5.41, 5.74) is 0.271. The highest BCUT2D eigenvalue weighted by Gasteiger charge is 2.42. The van der Waals surface area contributed by atoms with Crippen LogP contribution in [0.2, 0.25) is 0 Å². The van der Waals surface area contributed by atoms with E-state index < -0.39 is 0 Å². The highest BCUT2D eigenvalue weighted by Crippen LogP contribution is 2.48. The lowest BCUT2D eigenvalue weighted by molar-refractivity contribution is 0.0660. The zero-order chi connectivity index (χ0) is 9.86. The highest BCUT2D eigenvalue weighted by molar-refractivity contribution is 4.99. The van der Waals surface area contributed by atoms with Gasteiger partial charge in [-0.2, -0.15) is 5.26 Å². The van der Waals surface area contributed by atoms with Crippen molar-refractivity contribution in [1.82, 2.24) is 0 Å². The van der Waals surface area contributed by atoms with Gasteiger partial charge < -0.3 is 4.74 Å². The first-order chi connectivity index (χ1) is 6.85. The van der Waals surface area contributed by atoms with Crippen LogP contribution in [0.5, 0.6) is 0 Å². The second kappa shape index (κ2) is 4.31. The molecule has 0 saturated heterocycles. The maximum absolute atomic E-state index is 8.65. The molecule has 0 atom stereocenters. The minimum atomic E-state index is 0.271. The van der Waals surface area contributed by atoms with Gasteiger partial charge in [0.05, 0.1) is 12.7 Å². The average Bonchev–Trinajstić information content (AvgIpc) is 2.75. The lowest BCUT2D eigenvalue weighted by Gasteiger charge is -2.14. The molecule has 2 rings (SSSR count). The van der Waals surface area contributed by atoms with Gasteiger partial charge in [-0.3, -0.25) is 0 Å². The van der Waals surface area contributed by atoms with Crippen LogP contribution < -0.4 is 0 Å². The summed E-state index contributed by atoms with van der Waals surface area (Å²) in [5, 5.41) is 8.65. The topological polar surface area (TPSA) is 33.0 Å². The summed E-state index contributed by atoms with van der Waals surface area (Å²) in [6.07, 6.45) is 8.57. The average molecular weight is 193 g/mol. The summed E-state index contributed by atoms with van der Waals surface area (Å²) < 4.78 is 5.75. The Morgan fingerprint density at radius 1 is 1.29 bits per heavy atom. The van der Waals surface area contributed by atoms with E-state index in [0.717, 1.165) is 19.1 Å². The maximum atomic E-state index is 8.65. The SMILES string of the molecule is N#CCC1(COCC2CCCC2)CC1. The van der Waals surface area contributed by atoms with Gasteiger partial charge in [0.1, 0.15) is 0 Å².